The van der Waals surface area contributed by atoms with Crippen LogP contribution in [0.25, 0.3) is 0 Å². The van der Waals surface area contributed by atoms with Crippen LogP contribution < -0.4 is 10.2 Å². The van der Waals surface area contributed by atoms with E-state index in [-0.39, 0.29) is 28.1 Å². The average molecular weight is 415 g/mol. The van der Waals surface area contributed by atoms with Gasteiger partial charge in [-0.15, -0.1) is 0 Å². The molecular weight excluding hydrogens is 398 g/mol. The highest BCUT2D eigenvalue weighted by atomic mass is 16.6. The molecule has 8 nitrogen and oxygen atoms in total. The number of benzene rings is 3. The lowest BCUT2D eigenvalue weighted by molar-refractivity contribution is -0.385. The number of para-hydroxylation sites is 1. The van der Waals surface area contributed by atoms with Gasteiger partial charge in [0, 0.05) is 22.9 Å². The molecule has 1 aliphatic rings. The van der Waals surface area contributed by atoms with Crippen molar-refractivity contribution in [1.29, 1.82) is 0 Å². The predicted octanol–water partition coefficient (Wildman–Crippen LogP) is 4.26. The zero-order valence-electron chi connectivity index (χ0n) is 16.7. The molecule has 1 aliphatic heterocycles. The lowest BCUT2D eigenvalue weighted by Gasteiger charge is -2.16. The first kappa shape index (κ1) is 20.0. The number of rotatable bonds is 4. The van der Waals surface area contributed by atoms with Crippen LogP contribution in [-0.2, 0) is 0 Å². The minimum absolute atomic E-state index is 0.110. The smallest absolute Gasteiger partial charge is 0.274 e. The number of carbonyl (C=O) groups excluding carboxylic acids is 3. The number of aryl methyl sites for hydroxylation is 2. The average Bonchev–Trinajstić information content (AvgIpc) is 2.99. The topological polar surface area (TPSA) is 110 Å². The molecule has 3 aromatic rings. The first-order valence-corrected chi connectivity index (χ1v) is 9.43. The van der Waals surface area contributed by atoms with Crippen LogP contribution in [0, 0.1) is 24.0 Å². The van der Waals surface area contributed by atoms with Crippen LogP contribution in [0.3, 0.4) is 0 Å². The molecule has 1 N–H and O–H groups in total. The second-order valence-electron chi connectivity index (χ2n) is 7.21. The summed E-state index contributed by atoms with van der Waals surface area (Å²) >= 11 is 0. The van der Waals surface area contributed by atoms with Gasteiger partial charge in [-0.2, -0.15) is 0 Å². The van der Waals surface area contributed by atoms with E-state index in [9.17, 15) is 24.5 Å². The molecule has 0 saturated carbocycles. The molecule has 31 heavy (non-hydrogen) atoms. The van der Waals surface area contributed by atoms with Crippen molar-refractivity contribution in [1.82, 2.24) is 0 Å². The van der Waals surface area contributed by atoms with Gasteiger partial charge in [-0.05, 0) is 49.7 Å². The number of carbonyl (C=O) groups is 3. The maximum Gasteiger partial charge on any atom is 0.274 e. The molecular formula is C23H17N3O5. The van der Waals surface area contributed by atoms with E-state index in [0.717, 1.165) is 10.5 Å². The van der Waals surface area contributed by atoms with Crippen LogP contribution in [0.5, 0.6) is 0 Å². The summed E-state index contributed by atoms with van der Waals surface area (Å²) < 4.78 is 0. The zero-order chi connectivity index (χ0) is 22.3. The van der Waals surface area contributed by atoms with Crippen LogP contribution >= 0.6 is 0 Å². The lowest BCUT2D eigenvalue weighted by Crippen LogP contribution is -2.29. The monoisotopic (exact) mass is 415 g/mol. The van der Waals surface area contributed by atoms with Crippen molar-refractivity contribution < 1.29 is 19.3 Å². The van der Waals surface area contributed by atoms with Gasteiger partial charge in [-0.1, -0.05) is 24.3 Å². The number of nitro benzene ring substituents is 1. The van der Waals surface area contributed by atoms with E-state index >= 15 is 0 Å². The molecule has 0 spiro atoms. The van der Waals surface area contributed by atoms with E-state index in [4.69, 9.17) is 0 Å². The van der Waals surface area contributed by atoms with Crippen molar-refractivity contribution in [2.24, 2.45) is 0 Å². The maximum atomic E-state index is 12.9. The predicted molar refractivity (Wildman–Crippen MR) is 115 cm³/mol. The summed E-state index contributed by atoms with van der Waals surface area (Å²) in [6, 6.07) is 15.7. The Morgan fingerprint density at radius 2 is 1.61 bits per heavy atom. The number of fused-ring (bicyclic) bond motifs is 1. The third kappa shape index (κ3) is 3.44. The van der Waals surface area contributed by atoms with E-state index in [1.807, 2.05) is 6.07 Å². The SMILES string of the molecule is Cc1ccccc1N1C(=O)c2ccc(C(=O)Nc3ccc(C)c([N+](=O)[O-])c3)cc2C1=O. The lowest BCUT2D eigenvalue weighted by atomic mass is 10.1. The second kappa shape index (κ2) is 7.49. The summed E-state index contributed by atoms with van der Waals surface area (Å²) in [5.41, 5.74) is 2.40. The van der Waals surface area contributed by atoms with E-state index < -0.39 is 22.6 Å². The number of nitro groups is 1. The Labute approximate surface area is 177 Å². The van der Waals surface area contributed by atoms with Crippen molar-refractivity contribution in [3.8, 4) is 0 Å². The Hall–Kier alpha value is -4.33. The van der Waals surface area contributed by atoms with E-state index in [1.165, 1.54) is 24.3 Å². The summed E-state index contributed by atoms with van der Waals surface area (Å²) in [6.07, 6.45) is 0. The molecule has 4 rings (SSSR count). The van der Waals surface area contributed by atoms with Gasteiger partial charge >= 0.3 is 0 Å². The van der Waals surface area contributed by atoms with Crippen LogP contribution in [0.1, 0.15) is 42.2 Å². The third-order valence-corrected chi connectivity index (χ3v) is 5.17. The molecule has 3 aromatic carbocycles. The van der Waals surface area contributed by atoms with Gasteiger partial charge in [0.2, 0.25) is 0 Å². The standard InChI is InChI=1S/C23H17N3O5/c1-13-5-3-4-6-19(13)25-22(28)17-10-8-15(11-18(17)23(25)29)21(27)24-16-9-7-14(2)20(12-16)26(30)31/h3-12H,1-2H3,(H,24,27). The molecule has 0 aromatic heterocycles. The number of anilines is 2. The quantitative estimate of drug-likeness (QED) is 0.389. The highest BCUT2D eigenvalue weighted by Gasteiger charge is 2.37. The van der Waals surface area contributed by atoms with Crippen LogP contribution in [0.2, 0.25) is 0 Å². The fourth-order valence-electron chi connectivity index (χ4n) is 3.50. The van der Waals surface area contributed by atoms with Crippen molar-refractivity contribution in [2.75, 3.05) is 10.2 Å². The molecule has 0 saturated heterocycles. The Kier molecular flexibility index (Phi) is 4.82. The Morgan fingerprint density at radius 1 is 0.903 bits per heavy atom. The van der Waals surface area contributed by atoms with Gasteiger partial charge in [-0.25, -0.2) is 4.90 Å². The van der Waals surface area contributed by atoms with Crippen LogP contribution in [0.4, 0.5) is 17.1 Å². The molecule has 0 bridgehead atoms. The zero-order valence-corrected chi connectivity index (χ0v) is 16.7. The summed E-state index contributed by atoms with van der Waals surface area (Å²) in [4.78, 5) is 50.1. The fourth-order valence-corrected chi connectivity index (χ4v) is 3.50. The second-order valence-corrected chi connectivity index (χ2v) is 7.21. The summed E-state index contributed by atoms with van der Waals surface area (Å²) in [5.74, 6) is -1.50. The molecule has 154 valence electrons. The number of hydrogen-bond acceptors (Lipinski definition) is 5. The van der Waals surface area contributed by atoms with E-state index in [1.54, 1.807) is 44.2 Å². The number of nitrogens with one attached hydrogen (secondary N) is 1. The molecule has 0 fully saturated rings. The summed E-state index contributed by atoms with van der Waals surface area (Å²) in [7, 11) is 0. The first-order chi connectivity index (χ1) is 14.8. The number of amides is 3. The number of hydrogen-bond donors (Lipinski definition) is 1. The van der Waals surface area contributed by atoms with Crippen molar-refractivity contribution in [3.05, 3.63) is 98.6 Å². The highest BCUT2D eigenvalue weighted by Crippen LogP contribution is 2.31. The number of imide groups is 1. The van der Waals surface area contributed by atoms with E-state index in [2.05, 4.69) is 5.32 Å². The van der Waals surface area contributed by atoms with E-state index in [0.29, 0.717) is 11.3 Å². The Bertz CT molecular complexity index is 1280. The van der Waals surface area contributed by atoms with Gasteiger partial charge in [0.05, 0.1) is 21.7 Å². The van der Waals surface area contributed by atoms with Crippen molar-refractivity contribution in [3.63, 3.8) is 0 Å². The fraction of sp³-hybridized carbons (Fsp3) is 0.0870. The first-order valence-electron chi connectivity index (χ1n) is 9.43. The normalized spacial score (nSPS) is 12.6. The molecule has 0 aliphatic carbocycles. The summed E-state index contributed by atoms with van der Waals surface area (Å²) in [5, 5.41) is 13.7. The van der Waals surface area contributed by atoms with Gasteiger partial charge in [0.1, 0.15) is 0 Å². The Morgan fingerprint density at radius 3 is 2.32 bits per heavy atom. The molecule has 8 heteroatoms. The Balaban J connectivity index is 1.63. The molecule has 1 heterocycles. The third-order valence-electron chi connectivity index (χ3n) is 5.17. The molecule has 0 unspecified atom stereocenters. The minimum atomic E-state index is -0.546. The van der Waals surface area contributed by atoms with Gasteiger partial charge in [0.25, 0.3) is 23.4 Å². The molecule has 3 amide bonds. The molecule has 0 radical (unpaired) electrons. The van der Waals surface area contributed by atoms with Crippen LogP contribution in [0.15, 0.2) is 60.7 Å². The van der Waals surface area contributed by atoms with Crippen molar-refractivity contribution >= 4 is 34.8 Å². The highest BCUT2D eigenvalue weighted by molar-refractivity contribution is 6.35. The number of nitrogens with zero attached hydrogens (tertiary/aromatic N) is 2. The van der Waals surface area contributed by atoms with Gasteiger partial charge in [0.15, 0.2) is 0 Å². The van der Waals surface area contributed by atoms with Crippen LogP contribution in [-0.4, -0.2) is 22.6 Å². The van der Waals surface area contributed by atoms with Gasteiger partial charge < -0.3 is 5.32 Å². The van der Waals surface area contributed by atoms with Crippen molar-refractivity contribution in [2.45, 2.75) is 13.8 Å². The summed E-state index contributed by atoms with van der Waals surface area (Å²) in [6.45, 7) is 3.41. The molecule has 0 atom stereocenters. The largest absolute Gasteiger partial charge is 0.322 e. The minimum Gasteiger partial charge on any atom is -0.322 e. The van der Waals surface area contributed by atoms with Gasteiger partial charge in [-0.3, -0.25) is 24.5 Å². The maximum absolute atomic E-state index is 12.9.